The summed E-state index contributed by atoms with van der Waals surface area (Å²) in [5.41, 5.74) is 0.399. The van der Waals surface area contributed by atoms with Crippen LogP contribution in [0.5, 0.6) is 5.88 Å². The van der Waals surface area contributed by atoms with E-state index in [4.69, 9.17) is 4.74 Å². The average molecular weight is 447 g/mol. The maximum absolute atomic E-state index is 13.0. The third-order valence-electron chi connectivity index (χ3n) is 4.99. The fraction of sp³-hybridized carbons (Fsp3) is 0.381. The van der Waals surface area contributed by atoms with Gasteiger partial charge in [-0.3, -0.25) is 9.59 Å². The lowest BCUT2D eigenvalue weighted by Gasteiger charge is -2.25. The molecule has 0 aliphatic carbocycles. The number of methoxy groups -OCH3 is 1. The van der Waals surface area contributed by atoms with Crippen LogP contribution in [0.4, 0.5) is 0 Å². The zero-order valence-corrected chi connectivity index (χ0v) is 18.2. The lowest BCUT2D eigenvalue weighted by molar-refractivity contribution is -0.121. The Hall–Kier alpha value is -2.98. The Morgan fingerprint density at radius 3 is 2.52 bits per heavy atom. The number of hydrogen-bond acceptors (Lipinski definition) is 6. The molecule has 3 rings (SSSR count). The number of sulfonamides is 1. The SMILES string of the molecule is COc1ccc(C(=O)N2CCCN(S(=O)(=O)c3ccccc3)CCC(=O)NCC2)cn1. The molecule has 1 saturated heterocycles. The number of aromatic nitrogens is 1. The zero-order valence-electron chi connectivity index (χ0n) is 17.4. The highest BCUT2D eigenvalue weighted by Gasteiger charge is 2.26. The summed E-state index contributed by atoms with van der Waals surface area (Å²) in [6, 6.07) is 11.4. The number of ether oxygens (including phenoxy) is 1. The van der Waals surface area contributed by atoms with Crippen LogP contribution in [0.25, 0.3) is 0 Å². The second-order valence-electron chi connectivity index (χ2n) is 7.05. The largest absolute Gasteiger partial charge is 0.481 e. The molecule has 2 amide bonds. The van der Waals surface area contributed by atoms with Crippen LogP contribution in [-0.2, 0) is 14.8 Å². The van der Waals surface area contributed by atoms with Crippen LogP contribution in [0.15, 0.2) is 53.6 Å². The predicted molar refractivity (Wildman–Crippen MR) is 114 cm³/mol. The van der Waals surface area contributed by atoms with Gasteiger partial charge in [0.25, 0.3) is 5.91 Å². The van der Waals surface area contributed by atoms with E-state index < -0.39 is 10.0 Å². The molecule has 0 bridgehead atoms. The number of pyridine rings is 1. The molecule has 9 nitrogen and oxygen atoms in total. The first-order valence-corrected chi connectivity index (χ1v) is 11.5. The summed E-state index contributed by atoms with van der Waals surface area (Å²) in [4.78, 5) is 31.0. The molecule has 2 aromatic rings. The molecular formula is C21H26N4O5S. The highest BCUT2D eigenvalue weighted by atomic mass is 32.2. The molecule has 0 atom stereocenters. The standard InChI is InChI=1S/C21H26N4O5S/c1-30-20-9-8-17(16-23-20)21(27)24-12-5-13-25(14-10-19(26)22-11-15-24)31(28,29)18-6-3-2-4-7-18/h2-4,6-9,16H,5,10-15H2,1H3,(H,22,26). The molecule has 1 aromatic heterocycles. The van der Waals surface area contributed by atoms with Crippen LogP contribution >= 0.6 is 0 Å². The van der Waals surface area contributed by atoms with Gasteiger partial charge < -0.3 is 15.0 Å². The van der Waals surface area contributed by atoms with Gasteiger partial charge in [0.05, 0.1) is 17.6 Å². The van der Waals surface area contributed by atoms with Crippen LogP contribution in [0.3, 0.4) is 0 Å². The van der Waals surface area contributed by atoms with Gasteiger partial charge >= 0.3 is 0 Å². The molecule has 1 aliphatic rings. The first kappa shape index (κ1) is 22.7. The van der Waals surface area contributed by atoms with E-state index in [1.54, 1.807) is 35.2 Å². The van der Waals surface area contributed by atoms with Crippen LogP contribution in [-0.4, -0.2) is 74.3 Å². The number of rotatable bonds is 4. The summed E-state index contributed by atoms with van der Waals surface area (Å²) in [5.74, 6) is -0.0854. The lowest BCUT2D eigenvalue weighted by atomic mass is 10.2. The third kappa shape index (κ3) is 5.80. The second kappa shape index (κ2) is 10.4. The molecule has 166 valence electrons. The summed E-state index contributed by atoms with van der Waals surface area (Å²) in [6.45, 7) is 1.25. The van der Waals surface area contributed by atoms with E-state index in [0.717, 1.165) is 0 Å². The van der Waals surface area contributed by atoms with Crippen molar-refractivity contribution in [2.75, 3.05) is 39.8 Å². The van der Waals surface area contributed by atoms with E-state index in [-0.39, 0.29) is 36.2 Å². The van der Waals surface area contributed by atoms with Gasteiger partial charge in [-0.2, -0.15) is 4.31 Å². The molecule has 0 spiro atoms. The lowest BCUT2D eigenvalue weighted by Crippen LogP contribution is -2.39. The molecule has 10 heteroatoms. The Bertz CT molecular complexity index is 996. The van der Waals surface area contributed by atoms with Crippen molar-refractivity contribution in [3.63, 3.8) is 0 Å². The molecule has 31 heavy (non-hydrogen) atoms. The van der Waals surface area contributed by atoms with Crippen LogP contribution < -0.4 is 10.1 Å². The van der Waals surface area contributed by atoms with Crippen LogP contribution in [0.1, 0.15) is 23.2 Å². The van der Waals surface area contributed by atoms with Crippen molar-refractivity contribution in [1.29, 1.82) is 0 Å². The van der Waals surface area contributed by atoms with E-state index in [1.165, 1.54) is 29.7 Å². The number of nitrogens with zero attached hydrogens (tertiary/aromatic N) is 3. The third-order valence-corrected chi connectivity index (χ3v) is 6.90. The van der Waals surface area contributed by atoms with Gasteiger partial charge in [-0.25, -0.2) is 13.4 Å². The Labute approximate surface area is 182 Å². The first-order valence-electron chi connectivity index (χ1n) is 10.0. The molecule has 1 aliphatic heterocycles. The second-order valence-corrected chi connectivity index (χ2v) is 8.99. The van der Waals surface area contributed by atoms with Crippen molar-refractivity contribution in [3.05, 3.63) is 54.2 Å². The first-order chi connectivity index (χ1) is 14.9. The Balaban J connectivity index is 1.76. The average Bonchev–Trinajstić information content (AvgIpc) is 2.84. The smallest absolute Gasteiger partial charge is 0.255 e. The number of hydrogen-bond donors (Lipinski definition) is 1. The zero-order chi connectivity index (χ0) is 22.3. The van der Waals surface area contributed by atoms with Gasteiger partial charge in [0.2, 0.25) is 21.8 Å². The Morgan fingerprint density at radius 1 is 1.06 bits per heavy atom. The van der Waals surface area contributed by atoms with Gasteiger partial charge in [0, 0.05) is 51.4 Å². The Kier molecular flexibility index (Phi) is 7.59. The topological polar surface area (TPSA) is 109 Å². The fourth-order valence-corrected chi connectivity index (χ4v) is 4.80. The molecule has 1 N–H and O–H groups in total. The minimum Gasteiger partial charge on any atom is -0.481 e. The summed E-state index contributed by atoms with van der Waals surface area (Å²) in [5, 5.41) is 2.76. The quantitative estimate of drug-likeness (QED) is 0.754. The normalized spacial score (nSPS) is 16.8. The molecule has 0 saturated carbocycles. The predicted octanol–water partition coefficient (Wildman–Crippen LogP) is 1.13. The summed E-state index contributed by atoms with van der Waals surface area (Å²) >= 11 is 0. The van der Waals surface area contributed by atoms with Gasteiger partial charge in [-0.1, -0.05) is 18.2 Å². The monoisotopic (exact) mass is 446 g/mol. The van der Waals surface area contributed by atoms with Gasteiger partial charge in [0.15, 0.2) is 0 Å². The molecule has 0 unspecified atom stereocenters. The Morgan fingerprint density at radius 2 is 1.84 bits per heavy atom. The summed E-state index contributed by atoms with van der Waals surface area (Å²) < 4.78 is 32.4. The van der Waals surface area contributed by atoms with E-state index in [0.29, 0.717) is 37.5 Å². The van der Waals surface area contributed by atoms with Gasteiger partial charge in [0.1, 0.15) is 0 Å². The van der Waals surface area contributed by atoms with Crippen molar-refractivity contribution in [3.8, 4) is 5.88 Å². The highest BCUT2D eigenvalue weighted by molar-refractivity contribution is 7.89. The molecular weight excluding hydrogens is 420 g/mol. The number of carbonyl (C=O) groups is 2. The maximum atomic E-state index is 13.0. The minimum absolute atomic E-state index is 0.0579. The van der Waals surface area contributed by atoms with Crippen LogP contribution in [0, 0.1) is 0 Å². The van der Waals surface area contributed by atoms with E-state index >= 15 is 0 Å². The number of amides is 2. The van der Waals surface area contributed by atoms with E-state index in [2.05, 4.69) is 10.3 Å². The van der Waals surface area contributed by atoms with Crippen molar-refractivity contribution < 1.29 is 22.7 Å². The van der Waals surface area contributed by atoms with Crippen LogP contribution in [0.2, 0.25) is 0 Å². The number of carbonyl (C=O) groups excluding carboxylic acids is 2. The molecule has 1 aromatic carbocycles. The summed E-state index contributed by atoms with van der Waals surface area (Å²) in [7, 11) is -2.24. The molecule has 1 fully saturated rings. The molecule has 0 radical (unpaired) electrons. The van der Waals surface area contributed by atoms with E-state index in [1.807, 2.05) is 0 Å². The minimum atomic E-state index is -3.74. The maximum Gasteiger partial charge on any atom is 0.255 e. The molecule has 2 heterocycles. The fourth-order valence-electron chi connectivity index (χ4n) is 3.30. The van der Waals surface area contributed by atoms with Gasteiger partial charge in [-0.15, -0.1) is 0 Å². The van der Waals surface area contributed by atoms with Crippen molar-refractivity contribution >= 4 is 21.8 Å². The highest BCUT2D eigenvalue weighted by Crippen LogP contribution is 2.17. The van der Waals surface area contributed by atoms with Gasteiger partial charge in [-0.05, 0) is 24.6 Å². The number of benzene rings is 1. The van der Waals surface area contributed by atoms with Crippen molar-refractivity contribution in [2.24, 2.45) is 0 Å². The van der Waals surface area contributed by atoms with Crippen molar-refractivity contribution in [2.45, 2.75) is 17.7 Å². The van der Waals surface area contributed by atoms with E-state index in [9.17, 15) is 18.0 Å². The summed E-state index contributed by atoms with van der Waals surface area (Å²) in [6.07, 6.45) is 1.94. The number of nitrogens with one attached hydrogen (secondary N) is 1. The van der Waals surface area contributed by atoms with Crippen molar-refractivity contribution in [1.82, 2.24) is 19.5 Å².